The fraction of sp³-hybridized carbons (Fsp3) is 0.0909. The van der Waals surface area contributed by atoms with E-state index in [1.54, 1.807) is 36.4 Å². The van der Waals surface area contributed by atoms with Crippen LogP contribution in [0.5, 0.6) is 11.5 Å². The summed E-state index contributed by atoms with van der Waals surface area (Å²) in [6.07, 6.45) is 3.84. The van der Waals surface area contributed by atoms with Gasteiger partial charge in [0.1, 0.15) is 23.8 Å². The molecule has 0 bridgehead atoms. The highest BCUT2D eigenvalue weighted by Crippen LogP contribution is 2.25. The normalized spacial score (nSPS) is 10.8. The lowest BCUT2D eigenvalue weighted by atomic mass is 10.1. The number of amides is 1. The Balaban J connectivity index is 1.45. The molecule has 0 fully saturated rings. The van der Waals surface area contributed by atoms with Crippen molar-refractivity contribution in [3.8, 4) is 11.5 Å². The van der Waals surface area contributed by atoms with E-state index in [9.17, 15) is 9.90 Å². The molecule has 2 aromatic heterocycles. The first-order valence-corrected chi connectivity index (χ1v) is 8.85. The van der Waals surface area contributed by atoms with Crippen LogP contribution in [0.3, 0.4) is 0 Å². The van der Waals surface area contributed by atoms with Crippen molar-refractivity contribution in [2.45, 2.75) is 13.5 Å². The maximum Gasteiger partial charge on any atom is 0.255 e. The van der Waals surface area contributed by atoms with Crippen molar-refractivity contribution >= 4 is 17.2 Å². The second-order valence-corrected chi connectivity index (χ2v) is 6.49. The molecule has 2 heterocycles. The quantitative estimate of drug-likeness (QED) is 0.515. The van der Waals surface area contributed by atoms with Crippen LogP contribution in [0.2, 0.25) is 0 Å². The lowest BCUT2D eigenvalue weighted by Gasteiger charge is -2.09. The molecular formula is C22H19N3O3. The highest BCUT2D eigenvalue weighted by molar-refractivity contribution is 6.05. The van der Waals surface area contributed by atoms with Gasteiger partial charge < -0.3 is 19.6 Å². The number of hydrogen-bond donors (Lipinski definition) is 2. The molecule has 4 aromatic rings. The molecule has 6 heteroatoms. The molecule has 0 aliphatic rings. The number of benzene rings is 2. The molecule has 2 aromatic carbocycles. The second kappa shape index (κ2) is 7.44. The maximum atomic E-state index is 12.5. The molecule has 0 spiro atoms. The predicted octanol–water partition coefficient (Wildman–Crippen LogP) is 4.18. The van der Waals surface area contributed by atoms with Crippen LogP contribution in [0.25, 0.3) is 5.65 Å². The first-order chi connectivity index (χ1) is 13.6. The van der Waals surface area contributed by atoms with Crippen LogP contribution in [0, 0.1) is 6.92 Å². The summed E-state index contributed by atoms with van der Waals surface area (Å²) in [6, 6.07) is 17.8. The van der Waals surface area contributed by atoms with Gasteiger partial charge in [-0.1, -0.05) is 18.2 Å². The van der Waals surface area contributed by atoms with Crippen LogP contribution >= 0.6 is 0 Å². The zero-order valence-corrected chi connectivity index (χ0v) is 15.3. The summed E-state index contributed by atoms with van der Waals surface area (Å²) < 4.78 is 7.72. The van der Waals surface area contributed by atoms with E-state index in [1.807, 2.05) is 48.0 Å². The molecule has 28 heavy (non-hydrogen) atoms. The van der Waals surface area contributed by atoms with Crippen LogP contribution in [0.15, 0.2) is 73.1 Å². The third-order valence-corrected chi connectivity index (χ3v) is 4.30. The number of fused-ring (bicyclic) bond motifs is 1. The van der Waals surface area contributed by atoms with E-state index in [0.717, 1.165) is 16.9 Å². The lowest BCUT2D eigenvalue weighted by molar-refractivity contribution is 0.102. The van der Waals surface area contributed by atoms with Gasteiger partial charge in [0.05, 0.1) is 11.4 Å². The molecule has 2 N–H and O–H groups in total. The van der Waals surface area contributed by atoms with Crippen LogP contribution in [0.4, 0.5) is 5.69 Å². The number of imidazole rings is 1. The zero-order chi connectivity index (χ0) is 19.5. The monoisotopic (exact) mass is 373 g/mol. The minimum atomic E-state index is -0.322. The lowest BCUT2D eigenvalue weighted by Crippen LogP contribution is -2.12. The third kappa shape index (κ3) is 3.81. The number of aromatic nitrogens is 2. The number of phenolic OH excluding ortho intramolecular Hbond substituents is 1. The molecule has 6 nitrogen and oxygen atoms in total. The minimum Gasteiger partial charge on any atom is -0.506 e. The smallest absolute Gasteiger partial charge is 0.255 e. The Kier molecular flexibility index (Phi) is 4.68. The topological polar surface area (TPSA) is 75.9 Å². The van der Waals surface area contributed by atoms with Crippen molar-refractivity contribution < 1.29 is 14.6 Å². The molecule has 0 aliphatic heterocycles. The van der Waals surface area contributed by atoms with Crippen molar-refractivity contribution in [2.24, 2.45) is 0 Å². The number of anilines is 1. The summed E-state index contributed by atoms with van der Waals surface area (Å²) in [5.41, 5.74) is 3.37. The minimum absolute atomic E-state index is 0.0348. The Bertz CT molecular complexity index is 1120. The average molecular weight is 373 g/mol. The standard InChI is InChI=1S/C22H19N3O3/c1-15-8-9-19(20(26)11-15)24-22(27)16-5-4-6-18(12-16)28-14-17-13-25-10-3-2-7-21(25)23-17/h2-13,26H,14H2,1H3,(H,24,27). The SMILES string of the molecule is Cc1ccc(NC(=O)c2cccc(OCc3cn4ccccc4n3)c2)c(O)c1. The fourth-order valence-electron chi connectivity index (χ4n) is 2.88. The first kappa shape index (κ1) is 17.6. The molecule has 0 aliphatic carbocycles. The van der Waals surface area contributed by atoms with Crippen molar-refractivity contribution in [3.05, 3.63) is 89.9 Å². The Hall–Kier alpha value is -3.80. The molecule has 0 saturated carbocycles. The van der Waals surface area contributed by atoms with Crippen molar-refractivity contribution in [1.82, 2.24) is 9.38 Å². The maximum absolute atomic E-state index is 12.5. The van der Waals surface area contributed by atoms with Crippen molar-refractivity contribution in [2.75, 3.05) is 5.32 Å². The van der Waals surface area contributed by atoms with Crippen LogP contribution < -0.4 is 10.1 Å². The fourth-order valence-corrected chi connectivity index (χ4v) is 2.88. The zero-order valence-electron chi connectivity index (χ0n) is 15.3. The Labute approximate surface area is 162 Å². The molecule has 4 rings (SSSR count). The number of nitrogens with one attached hydrogen (secondary N) is 1. The highest BCUT2D eigenvalue weighted by Gasteiger charge is 2.10. The molecule has 0 saturated heterocycles. The van der Waals surface area contributed by atoms with Gasteiger partial charge in [0.25, 0.3) is 5.91 Å². The van der Waals surface area contributed by atoms with Gasteiger partial charge in [-0.2, -0.15) is 0 Å². The molecule has 1 amide bonds. The number of carbonyl (C=O) groups is 1. The molecular weight excluding hydrogens is 354 g/mol. The molecule has 0 unspecified atom stereocenters. The summed E-state index contributed by atoms with van der Waals surface area (Å²) in [4.78, 5) is 17.0. The van der Waals surface area contributed by atoms with Gasteiger partial charge in [-0.15, -0.1) is 0 Å². The Morgan fingerprint density at radius 3 is 2.86 bits per heavy atom. The number of carbonyl (C=O) groups excluding carboxylic acids is 1. The number of aryl methyl sites for hydroxylation is 1. The first-order valence-electron chi connectivity index (χ1n) is 8.85. The van der Waals surface area contributed by atoms with Gasteiger partial charge >= 0.3 is 0 Å². The average Bonchev–Trinajstić information content (AvgIpc) is 3.12. The van der Waals surface area contributed by atoms with E-state index in [0.29, 0.717) is 23.6 Å². The molecule has 0 atom stereocenters. The van der Waals surface area contributed by atoms with E-state index in [1.165, 1.54) is 0 Å². The molecule has 140 valence electrons. The number of pyridine rings is 1. The van der Waals surface area contributed by atoms with Crippen LogP contribution in [0.1, 0.15) is 21.6 Å². The van der Waals surface area contributed by atoms with Crippen LogP contribution in [-0.2, 0) is 6.61 Å². The highest BCUT2D eigenvalue weighted by atomic mass is 16.5. The van der Waals surface area contributed by atoms with E-state index in [2.05, 4.69) is 10.3 Å². The number of ether oxygens (including phenoxy) is 1. The van der Waals surface area contributed by atoms with E-state index in [4.69, 9.17) is 4.74 Å². The van der Waals surface area contributed by atoms with Gasteiger partial charge in [0.15, 0.2) is 0 Å². The summed E-state index contributed by atoms with van der Waals surface area (Å²) in [5, 5.41) is 12.7. The predicted molar refractivity (Wildman–Crippen MR) is 107 cm³/mol. The van der Waals surface area contributed by atoms with E-state index < -0.39 is 0 Å². The van der Waals surface area contributed by atoms with Gasteiger partial charge in [-0.3, -0.25) is 4.79 Å². The molecule has 0 radical (unpaired) electrons. The van der Waals surface area contributed by atoms with E-state index in [-0.39, 0.29) is 11.7 Å². The van der Waals surface area contributed by atoms with Crippen molar-refractivity contribution in [1.29, 1.82) is 0 Å². The largest absolute Gasteiger partial charge is 0.506 e. The van der Waals surface area contributed by atoms with Gasteiger partial charge in [-0.05, 0) is 55.0 Å². The summed E-state index contributed by atoms with van der Waals surface area (Å²) in [5.74, 6) is 0.280. The summed E-state index contributed by atoms with van der Waals surface area (Å²) >= 11 is 0. The number of rotatable bonds is 5. The number of nitrogens with zero attached hydrogens (tertiary/aromatic N) is 2. The number of phenols is 1. The number of aromatic hydroxyl groups is 1. The van der Waals surface area contributed by atoms with Gasteiger partial charge in [0, 0.05) is 18.0 Å². The van der Waals surface area contributed by atoms with Gasteiger partial charge in [-0.25, -0.2) is 4.98 Å². The Morgan fingerprint density at radius 1 is 1.14 bits per heavy atom. The van der Waals surface area contributed by atoms with Gasteiger partial charge in [0.2, 0.25) is 0 Å². The van der Waals surface area contributed by atoms with Crippen LogP contribution in [-0.4, -0.2) is 20.4 Å². The summed E-state index contributed by atoms with van der Waals surface area (Å²) in [7, 11) is 0. The van der Waals surface area contributed by atoms with E-state index >= 15 is 0 Å². The number of hydrogen-bond acceptors (Lipinski definition) is 4. The summed E-state index contributed by atoms with van der Waals surface area (Å²) in [6.45, 7) is 2.17. The third-order valence-electron chi connectivity index (χ3n) is 4.30. The Morgan fingerprint density at radius 2 is 2.04 bits per heavy atom. The van der Waals surface area contributed by atoms with Crippen molar-refractivity contribution in [3.63, 3.8) is 0 Å². The second-order valence-electron chi connectivity index (χ2n) is 6.49.